The number of benzene rings is 1. The van der Waals surface area contributed by atoms with E-state index in [-0.39, 0.29) is 30.2 Å². The maximum atomic E-state index is 12.5. The van der Waals surface area contributed by atoms with Crippen LogP contribution in [0.4, 0.5) is 0 Å². The number of nitrogens with zero attached hydrogens (tertiary/aromatic N) is 1. The maximum Gasteiger partial charge on any atom is 0.326 e. The fourth-order valence-corrected chi connectivity index (χ4v) is 4.11. The van der Waals surface area contributed by atoms with Gasteiger partial charge in [0.2, 0.25) is 5.91 Å². The highest BCUT2D eigenvalue weighted by Gasteiger charge is 2.49. The smallest absolute Gasteiger partial charge is 0.326 e. The molecule has 2 amide bonds. The lowest BCUT2D eigenvalue weighted by Gasteiger charge is -2.24. The number of hydrogen-bond donors (Lipinski definition) is 2. The summed E-state index contributed by atoms with van der Waals surface area (Å²) in [6.45, 7) is 2.69. The predicted octanol–water partition coefficient (Wildman–Crippen LogP) is 1.53. The van der Waals surface area contributed by atoms with Crippen molar-refractivity contribution in [3.8, 4) is 5.75 Å². The molecule has 0 spiro atoms. The summed E-state index contributed by atoms with van der Waals surface area (Å²) in [6.07, 6.45) is 2.84. The molecule has 1 aromatic rings. The second kappa shape index (κ2) is 7.76. The molecule has 1 aliphatic heterocycles. The summed E-state index contributed by atoms with van der Waals surface area (Å²) in [6, 6.07) is 5.89. The van der Waals surface area contributed by atoms with E-state index in [2.05, 4.69) is 5.32 Å². The van der Waals surface area contributed by atoms with Gasteiger partial charge in [-0.2, -0.15) is 0 Å². The van der Waals surface area contributed by atoms with Gasteiger partial charge < -0.3 is 20.1 Å². The van der Waals surface area contributed by atoms with E-state index >= 15 is 0 Å². The van der Waals surface area contributed by atoms with Gasteiger partial charge in [-0.25, -0.2) is 4.79 Å². The molecule has 7 heteroatoms. The Kier molecular flexibility index (Phi) is 5.44. The average molecular weight is 360 g/mol. The van der Waals surface area contributed by atoms with Crippen molar-refractivity contribution in [2.45, 2.75) is 32.2 Å². The second-order valence-corrected chi connectivity index (χ2v) is 6.82. The standard InChI is InChI=1S/C19H24N2O5/c1-2-26-14-8-6-12(7-9-14)18(23)20-10-16(22)21-11-13-4-3-5-15(13)17(21)19(24)25/h6-9,13,15,17H,2-5,10-11H2,1H3,(H,20,23)(H,24,25). The van der Waals surface area contributed by atoms with Crippen molar-refractivity contribution in [2.75, 3.05) is 19.7 Å². The molecule has 2 N–H and O–H groups in total. The largest absolute Gasteiger partial charge is 0.494 e. The number of hydrogen-bond acceptors (Lipinski definition) is 4. The van der Waals surface area contributed by atoms with Gasteiger partial charge in [0.25, 0.3) is 5.91 Å². The molecule has 1 saturated heterocycles. The minimum absolute atomic E-state index is 0.0401. The molecule has 140 valence electrons. The molecule has 1 aliphatic carbocycles. The van der Waals surface area contributed by atoms with Crippen LogP contribution in [0.25, 0.3) is 0 Å². The van der Waals surface area contributed by atoms with Crippen LogP contribution in [0.15, 0.2) is 24.3 Å². The van der Waals surface area contributed by atoms with Gasteiger partial charge in [0.15, 0.2) is 0 Å². The topological polar surface area (TPSA) is 95.9 Å². The van der Waals surface area contributed by atoms with Gasteiger partial charge in [0.1, 0.15) is 11.8 Å². The number of carboxylic acid groups (broad SMARTS) is 1. The number of carbonyl (C=O) groups excluding carboxylic acids is 2. The van der Waals surface area contributed by atoms with Gasteiger partial charge >= 0.3 is 5.97 Å². The third-order valence-electron chi connectivity index (χ3n) is 5.29. The zero-order chi connectivity index (χ0) is 18.7. The van der Waals surface area contributed by atoms with Crippen molar-refractivity contribution >= 4 is 17.8 Å². The van der Waals surface area contributed by atoms with E-state index in [4.69, 9.17) is 4.74 Å². The van der Waals surface area contributed by atoms with Crippen LogP contribution in [-0.4, -0.2) is 53.5 Å². The summed E-state index contributed by atoms with van der Waals surface area (Å²) in [4.78, 5) is 37.7. The van der Waals surface area contributed by atoms with Crippen LogP contribution >= 0.6 is 0 Å². The maximum absolute atomic E-state index is 12.5. The highest BCUT2D eigenvalue weighted by atomic mass is 16.5. The van der Waals surface area contributed by atoms with Crippen molar-refractivity contribution < 1.29 is 24.2 Å². The molecule has 2 fully saturated rings. The average Bonchev–Trinajstić information content (AvgIpc) is 3.20. The van der Waals surface area contributed by atoms with Crippen molar-refractivity contribution in [1.29, 1.82) is 0 Å². The Balaban J connectivity index is 1.57. The fourth-order valence-electron chi connectivity index (χ4n) is 4.11. The van der Waals surface area contributed by atoms with Gasteiger partial charge in [0.05, 0.1) is 13.2 Å². The molecule has 0 bridgehead atoms. The Labute approximate surface area is 152 Å². The minimum Gasteiger partial charge on any atom is -0.494 e. The number of amides is 2. The first-order valence-electron chi connectivity index (χ1n) is 9.04. The zero-order valence-electron chi connectivity index (χ0n) is 14.8. The lowest BCUT2D eigenvalue weighted by atomic mass is 9.94. The Morgan fingerprint density at radius 1 is 1.23 bits per heavy atom. The van der Waals surface area contributed by atoms with E-state index in [0.29, 0.717) is 24.5 Å². The first-order valence-corrected chi connectivity index (χ1v) is 9.04. The fraction of sp³-hybridized carbons (Fsp3) is 0.526. The number of carboxylic acids is 1. The first kappa shape index (κ1) is 18.2. The number of fused-ring (bicyclic) bond motifs is 1. The Hall–Kier alpha value is -2.57. The van der Waals surface area contributed by atoms with E-state index in [9.17, 15) is 19.5 Å². The molecule has 1 heterocycles. The van der Waals surface area contributed by atoms with E-state index in [0.717, 1.165) is 19.3 Å². The lowest BCUT2D eigenvalue weighted by molar-refractivity contribution is -0.149. The molecule has 7 nitrogen and oxygen atoms in total. The van der Waals surface area contributed by atoms with Crippen molar-refractivity contribution in [3.05, 3.63) is 29.8 Å². The van der Waals surface area contributed by atoms with Crippen LogP contribution in [0.2, 0.25) is 0 Å². The molecular weight excluding hydrogens is 336 g/mol. The highest BCUT2D eigenvalue weighted by molar-refractivity contribution is 5.97. The number of aliphatic carboxylic acids is 1. The van der Waals surface area contributed by atoms with Gasteiger partial charge in [-0.05, 0) is 55.9 Å². The Morgan fingerprint density at radius 3 is 2.62 bits per heavy atom. The summed E-state index contributed by atoms with van der Waals surface area (Å²) >= 11 is 0. The quantitative estimate of drug-likeness (QED) is 0.802. The summed E-state index contributed by atoms with van der Waals surface area (Å²) in [7, 11) is 0. The molecule has 1 aromatic carbocycles. The molecule has 3 rings (SSSR count). The number of rotatable bonds is 6. The van der Waals surface area contributed by atoms with Gasteiger partial charge in [-0.15, -0.1) is 0 Å². The zero-order valence-corrected chi connectivity index (χ0v) is 14.8. The van der Waals surface area contributed by atoms with Crippen LogP contribution in [0.3, 0.4) is 0 Å². The van der Waals surface area contributed by atoms with Crippen LogP contribution < -0.4 is 10.1 Å². The molecule has 0 aromatic heterocycles. The van der Waals surface area contributed by atoms with Crippen LogP contribution in [-0.2, 0) is 9.59 Å². The molecule has 26 heavy (non-hydrogen) atoms. The molecule has 0 radical (unpaired) electrons. The van der Waals surface area contributed by atoms with E-state index in [1.807, 2.05) is 6.92 Å². The van der Waals surface area contributed by atoms with Gasteiger partial charge in [-0.3, -0.25) is 9.59 Å². The first-order chi connectivity index (χ1) is 12.5. The molecular formula is C19H24N2O5. The molecule has 1 saturated carbocycles. The van der Waals surface area contributed by atoms with Gasteiger partial charge in [0, 0.05) is 12.1 Å². The molecule has 3 unspecified atom stereocenters. The summed E-state index contributed by atoms with van der Waals surface area (Å²) in [5.41, 5.74) is 0.425. The normalized spacial score (nSPS) is 24.2. The van der Waals surface area contributed by atoms with Crippen LogP contribution in [0, 0.1) is 11.8 Å². The Bertz CT molecular complexity index is 688. The summed E-state index contributed by atoms with van der Waals surface area (Å²) < 4.78 is 5.33. The third kappa shape index (κ3) is 3.66. The number of nitrogens with one attached hydrogen (secondary N) is 1. The SMILES string of the molecule is CCOc1ccc(C(=O)NCC(=O)N2CC3CCCC3C2C(=O)O)cc1. The summed E-state index contributed by atoms with van der Waals surface area (Å²) in [5.74, 6) is -0.683. The van der Waals surface area contributed by atoms with Gasteiger partial charge in [-0.1, -0.05) is 6.42 Å². The van der Waals surface area contributed by atoms with Crippen molar-refractivity contribution in [2.24, 2.45) is 11.8 Å². The number of carbonyl (C=O) groups is 3. The van der Waals surface area contributed by atoms with Crippen LogP contribution in [0.1, 0.15) is 36.5 Å². The van der Waals surface area contributed by atoms with Crippen molar-refractivity contribution in [1.82, 2.24) is 10.2 Å². The minimum atomic E-state index is -0.953. The second-order valence-electron chi connectivity index (χ2n) is 6.82. The lowest BCUT2D eigenvalue weighted by Crippen LogP contribution is -2.47. The van der Waals surface area contributed by atoms with E-state index in [1.54, 1.807) is 24.3 Å². The van der Waals surface area contributed by atoms with Crippen molar-refractivity contribution in [3.63, 3.8) is 0 Å². The third-order valence-corrected chi connectivity index (χ3v) is 5.29. The molecule has 3 atom stereocenters. The predicted molar refractivity (Wildman–Crippen MR) is 93.9 cm³/mol. The van der Waals surface area contributed by atoms with E-state index in [1.165, 1.54) is 4.90 Å². The van der Waals surface area contributed by atoms with Crippen LogP contribution in [0.5, 0.6) is 5.75 Å². The highest BCUT2D eigenvalue weighted by Crippen LogP contribution is 2.42. The number of ether oxygens (including phenoxy) is 1. The number of likely N-dealkylation sites (tertiary alicyclic amines) is 1. The Morgan fingerprint density at radius 2 is 1.96 bits per heavy atom. The summed E-state index contributed by atoms with van der Waals surface area (Å²) in [5, 5.41) is 12.1. The monoisotopic (exact) mass is 360 g/mol. The van der Waals surface area contributed by atoms with E-state index < -0.39 is 12.0 Å². The molecule has 2 aliphatic rings.